The van der Waals surface area contributed by atoms with E-state index in [1.54, 1.807) is 0 Å². The molecule has 1 heterocycles. The maximum absolute atomic E-state index is 12.8. The van der Waals surface area contributed by atoms with Gasteiger partial charge in [-0.2, -0.15) is 0 Å². The molecule has 0 atom stereocenters. The number of hydrogen-bond acceptors (Lipinski definition) is 2. The van der Waals surface area contributed by atoms with Crippen molar-refractivity contribution in [3.63, 3.8) is 0 Å². The number of likely N-dealkylation sites (tertiary alicyclic amines) is 1. The highest BCUT2D eigenvalue weighted by molar-refractivity contribution is 5.93. The average molecular weight is 393 g/mol. The van der Waals surface area contributed by atoms with E-state index in [1.807, 2.05) is 48.2 Å². The van der Waals surface area contributed by atoms with E-state index < -0.39 is 0 Å². The number of nitrogens with zero attached hydrogens (tertiary/aromatic N) is 1. The fraction of sp³-hybridized carbons (Fsp3) is 0.440. The lowest BCUT2D eigenvalue weighted by atomic mass is 9.85. The average Bonchev–Trinajstić information content (AvgIpc) is 2.67. The van der Waals surface area contributed by atoms with Gasteiger partial charge in [-0.15, -0.1) is 0 Å². The third-order valence-electron chi connectivity index (χ3n) is 5.65. The molecule has 4 heteroatoms. The number of anilines is 1. The van der Waals surface area contributed by atoms with Gasteiger partial charge in [-0.05, 0) is 42.4 Å². The number of nitrogens with one attached hydrogen (secondary N) is 1. The molecule has 1 aliphatic rings. The molecule has 1 fully saturated rings. The van der Waals surface area contributed by atoms with E-state index in [2.05, 4.69) is 38.2 Å². The van der Waals surface area contributed by atoms with Crippen molar-refractivity contribution in [1.29, 1.82) is 0 Å². The molecule has 1 N–H and O–H groups in total. The van der Waals surface area contributed by atoms with Gasteiger partial charge in [0.25, 0.3) is 0 Å². The van der Waals surface area contributed by atoms with Crippen LogP contribution in [0, 0.1) is 12.8 Å². The Labute approximate surface area is 174 Å². The van der Waals surface area contributed by atoms with Gasteiger partial charge in [0.05, 0.1) is 6.42 Å². The van der Waals surface area contributed by atoms with Crippen LogP contribution in [-0.4, -0.2) is 29.8 Å². The van der Waals surface area contributed by atoms with Crippen LogP contribution in [0.2, 0.25) is 0 Å². The summed E-state index contributed by atoms with van der Waals surface area (Å²) in [6, 6.07) is 16.1. The molecular weight excluding hydrogens is 360 g/mol. The Balaban J connectivity index is 1.55. The van der Waals surface area contributed by atoms with E-state index >= 15 is 0 Å². The summed E-state index contributed by atoms with van der Waals surface area (Å²) in [4.78, 5) is 27.4. The summed E-state index contributed by atoms with van der Waals surface area (Å²) in [7, 11) is 0. The lowest BCUT2D eigenvalue weighted by molar-refractivity contribution is -0.133. The van der Waals surface area contributed by atoms with E-state index in [9.17, 15) is 9.59 Å². The van der Waals surface area contributed by atoms with Gasteiger partial charge >= 0.3 is 0 Å². The Hall–Kier alpha value is -2.62. The fourth-order valence-electron chi connectivity index (χ4n) is 3.98. The molecule has 2 amide bonds. The van der Waals surface area contributed by atoms with Crippen LogP contribution >= 0.6 is 0 Å². The van der Waals surface area contributed by atoms with Crippen LogP contribution in [0.1, 0.15) is 50.3 Å². The van der Waals surface area contributed by atoms with E-state index in [4.69, 9.17) is 0 Å². The Morgan fingerprint density at radius 2 is 1.72 bits per heavy atom. The first-order chi connectivity index (χ1) is 13.7. The lowest BCUT2D eigenvalue weighted by Gasteiger charge is -2.32. The highest BCUT2D eigenvalue weighted by Crippen LogP contribution is 2.30. The second-order valence-corrected chi connectivity index (χ2v) is 9.11. The van der Waals surface area contributed by atoms with Crippen LogP contribution < -0.4 is 5.32 Å². The van der Waals surface area contributed by atoms with E-state index in [1.165, 1.54) is 5.56 Å². The fourth-order valence-corrected chi connectivity index (χ4v) is 3.98. The van der Waals surface area contributed by atoms with Crippen LogP contribution in [0.15, 0.2) is 48.5 Å². The molecule has 2 aromatic carbocycles. The van der Waals surface area contributed by atoms with Crippen LogP contribution in [0.5, 0.6) is 0 Å². The summed E-state index contributed by atoms with van der Waals surface area (Å²) in [6.45, 7) is 9.77. The van der Waals surface area contributed by atoms with Crippen molar-refractivity contribution in [3.8, 4) is 0 Å². The molecule has 4 nitrogen and oxygen atoms in total. The molecule has 0 radical (unpaired) electrons. The van der Waals surface area contributed by atoms with E-state index in [0.717, 1.165) is 16.8 Å². The van der Waals surface area contributed by atoms with Gasteiger partial charge in [0.2, 0.25) is 11.8 Å². The number of carbonyl (C=O) groups is 2. The zero-order valence-electron chi connectivity index (χ0n) is 18.0. The Morgan fingerprint density at radius 1 is 1.03 bits per heavy atom. The lowest BCUT2D eigenvalue weighted by Crippen LogP contribution is -2.42. The molecule has 1 aliphatic heterocycles. The minimum absolute atomic E-state index is 0.0323. The number of para-hydroxylation sites is 1. The molecule has 2 aromatic rings. The predicted molar refractivity (Wildman–Crippen MR) is 118 cm³/mol. The van der Waals surface area contributed by atoms with Crippen LogP contribution in [0.3, 0.4) is 0 Å². The summed E-state index contributed by atoms with van der Waals surface area (Å²) in [5, 5.41) is 3.13. The second kappa shape index (κ2) is 8.81. The monoisotopic (exact) mass is 392 g/mol. The van der Waals surface area contributed by atoms with Crippen molar-refractivity contribution in [2.24, 2.45) is 5.92 Å². The highest BCUT2D eigenvalue weighted by atomic mass is 16.2. The summed E-state index contributed by atoms with van der Waals surface area (Å²) in [5.41, 5.74) is 4.21. The normalized spacial score (nSPS) is 15.2. The van der Waals surface area contributed by atoms with Gasteiger partial charge in [0.1, 0.15) is 0 Å². The van der Waals surface area contributed by atoms with Gasteiger partial charge < -0.3 is 10.2 Å². The quantitative estimate of drug-likeness (QED) is 0.819. The maximum atomic E-state index is 12.8. The number of carbonyl (C=O) groups excluding carboxylic acids is 2. The SMILES string of the molecule is Cc1cccc(CC(=O)N2CCC(C(=O)Nc3ccccc3C(C)(C)C)CC2)c1. The van der Waals surface area contributed by atoms with Crippen LogP contribution in [0.25, 0.3) is 0 Å². The van der Waals surface area contributed by atoms with Crippen molar-refractivity contribution in [1.82, 2.24) is 4.90 Å². The molecule has 0 unspecified atom stereocenters. The smallest absolute Gasteiger partial charge is 0.227 e. The second-order valence-electron chi connectivity index (χ2n) is 9.11. The number of hydrogen-bond donors (Lipinski definition) is 1. The molecule has 29 heavy (non-hydrogen) atoms. The zero-order valence-corrected chi connectivity index (χ0v) is 18.0. The minimum Gasteiger partial charge on any atom is -0.342 e. The Morgan fingerprint density at radius 3 is 2.38 bits per heavy atom. The molecule has 0 aromatic heterocycles. The summed E-state index contributed by atoms with van der Waals surface area (Å²) >= 11 is 0. The van der Waals surface area contributed by atoms with Gasteiger partial charge in [0.15, 0.2) is 0 Å². The molecule has 1 saturated heterocycles. The third-order valence-corrected chi connectivity index (χ3v) is 5.65. The van der Waals surface area contributed by atoms with Crippen molar-refractivity contribution < 1.29 is 9.59 Å². The van der Waals surface area contributed by atoms with Gasteiger partial charge in [-0.1, -0.05) is 68.8 Å². The molecular formula is C25H32N2O2. The standard InChI is InChI=1S/C25H32N2O2/c1-18-8-7-9-19(16-18)17-23(28)27-14-12-20(13-15-27)24(29)26-22-11-6-5-10-21(22)25(2,3)4/h5-11,16,20H,12-15,17H2,1-4H3,(H,26,29). The topological polar surface area (TPSA) is 49.4 Å². The molecule has 0 bridgehead atoms. The van der Waals surface area contributed by atoms with Gasteiger partial charge in [0, 0.05) is 24.7 Å². The van der Waals surface area contributed by atoms with Crippen molar-refractivity contribution in [3.05, 3.63) is 65.2 Å². The van der Waals surface area contributed by atoms with Crippen LogP contribution in [0.4, 0.5) is 5.69 Å². The Kier molecular flexibility index (Phi) is 6.41. The Bertz CT molecular complexity index is 874. The van der Waals surface area contributed by atoms with Crippen LogP contribution in [-0.2, 0) is 21.4 Å². The predicted octanol–water partition coefficient (Wildman–Crippen LogP) is 4.71. The highest BCUT2D eigenvalue weighted by Gasteiger charge is 2.28. The number of benzene rings is 2. The number of aryl methyl sites for hydroxylation is 1. The molecule has 0 saturated carbocycles. The first-order valence-electron chi connectivity index (χ1n) is 10.5. The summed E-state index contributed by atoms with van der Waals surface area (Å²) < 4.78 is 0. The summed E-state index contributed by atoms with van der Waals surface area (Å²) in [6.07, 6.45) is 1.85. The third kappa shape index (κ3) is 5.47. The number of amides is 2. The van der Waals surface area contributed by atoms with E-state index in [0.29, 0.717) is 32.4 Å². The first kappa shape index (κ1) is 21.1. The number of piperidine rings is 1. The van der Waals surface area contributed by atoms with E-state index in [-0.39, 0.29) is 23.1 Å². The molecule has 3 rings (SSSR count). The van der Waals surface area contributed by atoms with Gasteiger partial charge in [-0.3, -0.25) is 9.59 Å². The molecule has 0 spiro atoms. The van der Waals surface area contributed by atoms with Crippen molar-refractivity contribution in [2.45, 2.75) is 52.4 Å². The summed E-state index contributed by atoms with van der Waals surface area (Å²) in [5.74, 6) is 0.158. The van der Waals surface area contributed by atoms with Crippen molar-refractivity contribution in [2.75, 3.05) is 18.4 Å². The largest absolute Gasteiger partial charge is 0.342 e. The molecule has 154 valence electrons. The van der Waals surface area contributed by atoms with Crippen molar-refractivity contribution >= 4 is 17.5 Å². The minimum atomic E-state index is -0.0500. The zero-order chi connectivity index (χ0) is 21.0. The van der Waals surface area contributed by atoms with Gasteiger partial charge in [-0.25, -0.2) is 0 Å². The maximum Gasteiger partial charge on any atom is 0.227 e. The number of rotatable bonds is 4. The first-order valence-corrected chi connectivity index (χ1v) is 10.5. The molecule has 0 aliphatic carbocycles.